The van der Waals surface area contributed by atoms with Crippen molar-refractivity contribution in [2.24, 2.45) is 33.2 Å². The maximum Gasteiger partial charge on any atom is 0.106 e. The highest BCUT2D eigenvalue weighted by molar-refractivity contribution is 5.19. The Balaban J connectivity index is 1.88. The molecule has 0 aromatic heterocycles. The molecule has 96 valence electrons. The second-order valence-electron chi connectivity index (χ2n) is 5.06. The van der Waals surface area contributed by atoms with Crippen LogP contribution in [0.15, 0.2) is 15.4 Å². The van der Waals surface area contributed by atoms with Gasteiger partial charge >= 0.3 is 0 Å². The van der Waals surface area contributed by atoms with Crippen molar-refractivity contribution in [1.29, 1.82) is 0 Å². The topological polar surface area (TPSA) is 127 Å². The summed E-state index contributed by atoms with van der Waals surface area (Å²) < 4.78 is 0. The molecule has 0 aliphatic heterocycles. The standard InChI is InChI=1S/C10H15N7O/c11-16-13-5-1-2-7-8(6-14-17-12)9(7)10(15-18)3-4-10/h7-9H,1-6H2. The zero-order chi connectivity index (χ0) is 13.0. The molecule has 2 aliphatic rings. The van der Waals surface area contributed by atoms with Gasteiger partial charge in [-0.05, 0) is 54.5 Å². The van der Waals surface area contributed by atoms with Crippen molar-refractivity contribution in [3.8, 4) is 0 Å². The van der Waals surface area contributed by atoms with Crippen LogP contribution in [-0.4, -0.2) is 18.6 Å². The molecule has 0 radical (unpaired) electrons. The molecule has 2 fully saturated rings. The minimum Gasteiger partial charge on any atom is -0.150 e. The fourth-order valence-electron chi connectivity index (χ4n) is 3.07. The Bertz CT molecular complexity index is 420. The predicted octanol–water partition coefficient (Wildman–Crippen LogP) is 3.55. The van der Waals surface area contributed by atoms with E-state index in [-0.39, 0.29) is 17.4 Å². The number of rotatable bonds is 8. The monoisotopic (exact) mass is 249 g/mol. The minimum atomic E-state index is -0.376. The van der Waals surface area contributed by atoms with Crippen LogP contribution in [0.4, 0.5) is 0 Å². The van der Waals surface area contributed by atoms with Gasteiger partial charge in [0.05, 0.1) is 0 Å². The second-order valence-corrected chi connectivity index (χ2v) is 5.06. The fraction of sp³-hybridized carbons (Fsp3) is 1.00. The summed E-state index contributed by atoms with van der Waals surface area (Å²) in [6.45, 7) is 0.931. The molecule has 0 saturated heterocycles. The third kappa shape index (κ3) is 2.39. The van der Waals surface area contributed by atoms with Crippen LogP contribution >= 0.6 is 0 Å². The van der Waals surface area contributed by atoms with E-state index in [9.17, 15) is 4.91 Å². The molecule has 0 aromatic rings. The van der Waals surface area contributed by atoms with E-state index in [1.54, 1.807) is 0 Å². The molecule has 0 N–H and O–H groups in total. The first-order chi connectivity index (χ1) is 8.79. The molecule has 3 atom stereocenters. The summed E-state index contributed by atoms with van der Waals surface area (Å²) in [4.78, 5) is 16.4. The smallest absolute Gasteiger partial charge is 0.106 e. The van der Waals surface area contributed by atoms with E-state index in [2.05, 4.69) is 25.2 Å². The number of azide groups is 2. The van der Waals surface area contributed by atoms with Gasteiger partial charge in [0.15, 0.2) is 0 Å². The molecule has 8 nitrogen and oxygen atoms in total. The average Bonchev–Trinajstić information content (AvgIpc) is 3.27. The van der Waals surface area contributed by atoms with Crippen LogP contribution in [0.1, 0.15) is 25.7 Å². The molecule has 0 bridgehead atoms. The molecule has 2 aliphatic carbocycles. The Morgan fingerprint density at radius 2 is 1.89 bits per heavy atom. The Kier molecular flexibility index (Phi) is 3.69. The molecular formula is C10H15N7O. The van der Waals surface area contributed by atoms with Crippen molar-refractivity contribution in [1.82, 2.24) is 0 Å². The fourth-order valence-corrected chi connectivity index (χ4v) is 3.07. The molecule has 0 amide bonds. The van der Waals surface area contributed by atoms with Crippen molar-refractivity contribution in [3.63, 3.8) is 0 Å². The van der Waals surface area contributed by atoms with Crippen LogP contribution in [0.5, 0.6) is 0 Å². The van der Waals surface area contributed by atoms with Crippen molar-refractivity contribution in [2.75, 3.05) is 13.1 Å². The van der Waals surface area contributed by atoms with E-state index in [0.29, 0.717) is 19.0 Å². The number of hydrogen-bond donors (Lipinski definition) is 0. The number of nitroso groups, excluding NO2 is 1. The van der Waals surface area contributed by atoms with E-state index in [0.717, 1.165) is 25.7 Å². The van der Waals surface area contributed by atoms with Crippen LogP contribution in [0.25, 0.3) is 20.9 Å². The highest BCUT2D eigenvalue weighted by atomic mass is 16.3. The van der Waals surface area contributed by atoms with Crippen molar-refractivity contribution in [3.05, 3.63) is 25.8 Å². The molecular weight excluding hydrogens is 234 g/mol. The first-order valence-electron chi connectivity index (χ1n) is 6.15. The lowest BCUT2D eigenvalue weighted by Gasteiger charge is -2.03. The molecule has 18 heavy (non-hydrogen) atoms. The van der Waals surface area contributed by atoms with E-state index >= 15 is 0 Å². The molecule has 0 spiro atoms. The van der Waals surface area contributed by atoms with Crippen molar-refractivity contribution in [2.45, 2.75) is 31.2 Å². The maximum absolute atomic E-state index is 10.9. The predicted molar refractivity (Wildman–Crippen MR) is 65.5 cm³/mol. The second kappa shape index (κ2) is 5.25. The Labute approximate surface area is 104 Å². The summed E-state index contributed by atoms with van der Waals surface area (Å²) in [6.07, 6.45) is 3.45. The third-order valence-electron chi connectivity index (χ3n) is 4.11. The zero-order valence-corrected chi connectivity index (χ0v) is 10.0. The average molecular weight is 249 g/mol. The first kappa shape index (κ1) is 12.7. The lowest BCUT2D eigenvalue weighted by Crippen LogP contribution is -2.10. The normalized spacial score (nSPS) is 30.8. The van der Waals surface area contributed by atoms with Crippen LogP contribution in [0.3, 0.4) is 0 Å². The molecule has 2 rings (SSSR count). The minimum absolute atomic E-state index is 0.270. The summed E-state index contributed by atoms with van der Waals surface area (Å²) in [7, 11) is 0. The Morgan fingerprint density at radius 3 is 2.44 bits per heavy atom. The Hall–Kier alpha value is -1.78. The molecule has 3 unspecified atom stereocenters. The number of nitrogens with zero attached hydrogens (tertiary/aromatic N) is 7. The largest absolute Gasteiger partial charge is 0.150 e. The van der Waals surface area contributed by atoms with Gasteiger partial charge in [-0.25, -0.2) is 0 Å². The lowest BCUT2D eigenvalue weighted by atomic mass is 10.1. The van der Waals surface area contributed by atoms with Gasteiger partial charge in [0.1, 0.15) is 5.54 Å². The van der Waals surface area contributed by atoms with Crippen LogP contribution in [0.2, 0.25) is 0 Å². The summed E-state index contributed by atoms with van der Waals surface area (Å²) in [5.74, 6) is 0.948. The van der Waals surface area contributed by atoms with Gasteiger partial charge in [-0.3, -0.25) is 0 Å². The molecule has 0 heterocycles. The third-order valence-corrected chi connectivity index (χ3v) is 4.11. The summed E-state index contributed by atoms with van der Waals surface area (Å²) in [6, 6.07) is 0. The van der Waals surface area contributed by atoms with Gasteiger partial charge in [0.2, 0.25) is 0 Å². The first-order valence-corrected chi connectivity index (χ1v) is 6.15. The van der Waals surface area contributed by atoms with Gasteiger partial charge in [-0.15, -0.1) is 0 Å². The van der Waals surface area contributed by atoms with Gasteiger partial charge in [-0.1, -0.05) is 15.4 Å². The quantitative estimate of drug-likeness (QED) is 0.210. The van der Waals surface area contributed by atoms with Gasteiger partial charge in [0, 0.05) is 22.9 Å². The van der Waals surface area contributed by atoms with Gasteiger partial charge in [-0.2, -0.15) is 4.91 Å². The summed E-state index contributed by atoms with van der Waals surface area (Å²) in [5.41, 5.74) is 16.2. The highest BCUT2D eigenvalue weighted by Gasteiger charge is 2.66. The van der Waals surface area contributed by atoms with E-state index in [4.69, 9.17) is 11.1 Å². The zero-order valence-electron chi connectivity index (χ0n) is 10.0. The van der Waals surface area contributed by atoms with E-state index < -0.39 is 0 Å². The van der Waals surface area contributed by atoms with Crippen LogP contribution in [-0.2, 0) is 0 Å². The summed E-state index contributed by atoms with van der Waals surface area (Å²) >= 11 is 0. The van der Waals surface area contributed by atoms with Crippen molar-refractivity contribution < 1.29 is 0 Å². The lowest BCUT2D eigenvalue weighted by molar-refractivity contribution is 0.508. The SMILES string of the molecule is [N-]=[N+]=NCCCC1C(CN=[N+]=[N-])C1C1(N=O)CC1. The summed E-state index contributed by atoms with van der Waals surface area (Å²) in [5, 5.41) is 10.4. The maximum atomic E-state index is 10.9. The van der Waals surface area contributed by atoms with Crippen LogP contribution < -0.4 is 0 Å². The molecule has 0 aromatic carbocycles. The van der Waals surface area contributed by atoms with Crippen LogP contribution in [0, 0.1) is 22.7 Å². The van der Waals surface area contributed by atoms with E-state index in [1.165, 1.54) is 0 Å². The highest BCUT2D eigenvalue weighted by Crippen LogP contribution is 2.64. The van der Waals surface area contributed by atoms with E-state index in [1.807, 2.05) is 0 Å². The van der Waals surface area contributed by atoms with Gasteiger partial charge < -0.3 is 0 Å². The number of hydrogen-bond acceptors (Lipinski definition) is 4. The van der Waals surface area contributed by atoms with Crippen molar-refractivity contribution >= 4 is 0 Å². The van der Waals surface area contributed by atoms with Gasteiger partial charge in [0.25, 0.3) is 0 Å². The molecule has 8 heteroatoms. The Morgan fingerprint density at radius 1 is 1.17 bits per heavy atom. The molecule has 2 saturated carbocycles.